The maximum Gasteiger partial charge on any atom is 0.227 e. The lowest BCUT2D eigenvalue weighted by Crippen LogP contribution is -2.59. The highest BCUT2D eigenvalue weighted by molar-refractivity contribution is 7.85. The molecule has 4 aliphatic rings. The van der Waals surface area contributed by atoms with E-state index in [9.17, 15) is 9.32 Å². The molecule has 2 aliphatic carbocycles. The van der Waals surface area contributed by atoms with Crippen molar-refractivity contribution in [2.75, 3.05) is 41.8 Å². The van der Waals surface area contributed by atoms with E-state index in [0.717, 1.165) is 56.8 Å². The SMILES string of the molecule is O=[S@@]1CCN(C2(CO)CCC2)c2nc(N3CC4CC(c5ncc(Cl)cn5)CC4C3)ncc21. The van der Waals surface area contributed by atoms with Crippen LogP contribution in [0.5, 0.6) is 0 Å². The summed E-state index contributed by atoms with van der Waals surface area (Å²) in [4.78, 5) is 23.6. The highest BCUT2D eigenvalue weighted by Gasteiger charge is 2.46. The fourth-order valence-corrected chi connectivity index (χ4v) is 7.21. The second-order valence-corrected chi connectivity index (χ2v) is 11.6. The van der Waals surface area contributed by atoms with Gasteiger partial charge in [-0.3, -0.25) is 4.21 Å². The van der Waals surface area contributed by atoms with Crippen LogP contribution in [0.2, 0.25) is 5.02 Å². The van der Waals surface area contributed by atoms with Gasteiger partial charge in [-0.1, -0.05) is 11.6 Å². The summed E-state index contributed by atoms with van der Waals surface area (Å²) in [5, 5.41) is 10.7. The third-order valence-electron chi connectivity index (χ3n) is 7.92. The van der Waals surface area contributed by atoms with Crippen LogP contribution < -0.4 is 9.80 Å². The number of anilines is 2. The number of nitrogens with zero attached hydrogens (tertiary/aromatic N) is 6. The predicted octanol–water partition coefficient (Wildman–Crippen LogP) is 2.39. The normalized spacial score (nSPS) is 30.7. The first-order valence-corrected chi connectivity index (χ1v) is 13.1. The molecule has 2 aromatic heterocycles. The third kappa shape index (κ3) is 3.31. The predicted molar refractivity (Wildman–Crippen MR) is 123 cm³/mol. The van der Waals surface area contributed by atoms with Crippen molar-refractivity contribution in [3.63, 3.8) is 0 Å². The number of hydrogen-bond acceptors (Lipinski definition) is 8. The summed E-state index contributed by atoms with van der Waals surface area (Å²) in [7, 11) is -1.08. The molecule has 2 aromatic rings. The van der Waals surface area contributed by atoms with E-state index in [-0.39, 0.29) is 12.1 Å². The average Bonchev–Trinajstić information content (AvgIpc) is 3.35. The van der Waals surface area contributed by atoms with E-state index in [0.29, 0.717) is 45.9 Å². The van der Waals surface area contributed by atoms with Gasteiger partial charge < -0.3 is 14.9 Å². The van der Waals surface area contributed by atoms with Crippen LogP contribution in [0, 0.1) is 11.8 Å². The molecule has 8 nitrogen and oxygen atoms in total. The number of fused-ring (bicyclic) bond motifs is 2. The van der Waals surface area contributed by atoms with Crippen molar-refractivity contribution in [3.8, 4) is 0 Å². The van der Waals surface area contributed by atoms with Gasteiger partial charge in [0.05, 0.1) is 39.1 Å². The van der Waals surface area contributed by atoms with Crippen molar-refractivity contribution in [1.29, 1.82) is 0 Å². The zero-order chi connectivity index (χ0) is 21.9. The van der Waals surface area contributed by atoms with E-state index < -0.39 is 10.8 Å². The Bertz CT molecular complexity index is 1030. The molecule has 32 heavy (non-hydrogen) atoms. The van der Waals surface area contributed by atoms with Crippen molar-refractivity contribution in [2.24, 2.45) is 11.8 Å². The van der Waals surface area contributed by atoms with Gasteiger partial charge in [-0.25, -0.2) is 15.0 Å². The van der Waals surface area contributed by atoms with Crippen molar-refractivity contribution in [2.45, 2.75) is 48.5 Å². The first-order valence-electron chi connectivity index (χ1n) is 11.4. The molecule has 2 aliphatic heterocycles. The van der Waals surface area contributed by atoms with Gasteiger partial charge in [-0.05, 0) is 43.9 Å². The summed E-state index contributed by atoms with van der Waals surface area (Å²) < 4.78 is 12.6. The Kier molecular flexibility index (Phi) is 5.11. The van der Waals surface area contributed by atoms with Crippen molar-refractivity contribution < 1.29 is 9.32 Å². The molecule has 2 unspecified atom stereocenters. The maximum absolute atomic E-state index is 12.6. The lowest BCUT2D eigenvalue weighted by molar-refractivity contribution is 0.115. The lowest BCUT2D eigenvalue weighted by atomic mass is 9.76. The number of rotatable bonds is 4. The number of hydrogen-bond donors (Lipinski definition) is 1. The van der Waals surface area contributed by atoms with Crippen LogP contribution in [0.4, 0.5) is 11.8 Å². The van der Waals surface area contributed by atoms with E-state index >= 15 is 0 Å². The van der Waals surface area contributed by atoms with Crippen LogP contribution in [0.25, 0.3) is 0 Å². The zero-order valence-electron chi connectivity index (χ0n) is 17.9. The van der Waals surface area contributed by atoms with Crippen LogP contribution in [0.15, 0.2) is 23.5 Å². The second-order valence-electron chi connectivity index (χ2n) is 9.65. The summed E-state index contributed by atoms with van der Waals surface area (Å²) >= 11 is 5.94. The zero-order valence-corrected chi connectivity index (χ0v) is 19.4. The monoisotopic (exact) mass is 474 g/mol. The average molecular weight is 475 g/mol. The molecule has 3 atom stereocenters. The molecule has 0 aromatic carbocycles. The van der Waals surface area contributed by atoms with E-state index in [2.05, 4.69) is 24.8 Å². The molecular weight excluding hydrogens is 448 g/mol. The first-order chi connectivity index (χ1) is 15.6. The largest absolute Gasteiger partial charge is 0.394 e. The third-order valence-corrected chi connectivity index (χ3v) is 9.44. The number of aliphatic hydroxyl groups excluding tert-OH is 1. The summed E-state index contributed by atoms with van der Waals surface area (Å²) in [6.07, 6.45) is 10.3. The molecule has 0 bridgehead atoms. The van der Waals surface area contributed by atoms with E-state index in [1.54, 1.807) is 18.6 Å². The lowest BCUT2D eigenvalue weighted by Gasteiger charge is -2.51. The molecular formula is C22H27ClN6O2S. The minimum atomic E-state index is -1.08. The number of halogens is 1. The maximum atomic E-state index is 12.6. The Morgan fingerprint density at radius 3 is 2.47 bits per heavy atom. The number of aromatic nitrogens is 4. The first kappa shape index (κ1) is 20.7. The summed E-state index contributed by atoms with van der Waals surface area (Å²) in [6, 6.07) is 0. The quantitative estimate of drug-likeness (QED) is 0.721. The van der Waals surface area contributed by atoms with Crippen LogP contribution in [0.1, 0.15) is 43.8 Å². The Balaban J connectivity index is 1.22. The highest BCUT2D eigenvalue weighted by Crippen LogP contribution is 2.47. The molecule has 6 rings (SSSR count). The Labute approximate surface area is 194 Å². The van der Waals surface area contributed by atoms with E-state index in [1.807, 2.05) is 0 Å². The van der Waals surface area contributed by atoms with Crippen LogP contribution in [0.3, 0.4) is 0 Å². The van der Waals surface area contributed by atoms with Gasteiger partial charge in [0.15, 0.2) is 5.82 Å². The molecule has 1 N–H and O–H groups in total. The van der Waals surface area contributed by atoms with E-state index in [4.69, 9.17) is 16.6 Å². The molecule has 0 radical (unpaired) electrons. The van der Waals surface area contributed by atoms with Gasteiger partial charge >= 0.3 is 0 Å². The van der Waals surface area contributed by atoms with Gasteiger partial charge in [0.2, 0.25) is 5.95 Å². The van der Waals surface area contributed by atoms with Crippen molar-refractivity contribution in [1.82, 2.24) is 19.9 Å². The standard InChI is InChI=1S/C22H27ClN6O2S/c23-17-8-24-19(25-9-17)14-6-15-11-28(12-16(15)7-14)21-26-10-18-20(27-21)29(4-5-32(18)31)22(13-30)2-1-3-22/h8-10,14-16,30H,1-7,11-13H2/t14?,15?,16?,32-/m1/s1. The van der Waals surface area contributed by atoms with E-state index in [1.165, 1.54) is 0 Å². The molecule has 1 saturated heterocycles. The summed E-state index contributed by atoms with van der Waals surface area (Å²) in [6.45, 7) is 2.62. The van der Waals surface area contributed by atoms with Gasteiger partial charge in [-0.2, -0.15) is 4.98 Å². The highest BCUT2D eigenvalue weighted by atomic mass is 35.5. The van der Waals surface area contributed by atoms with Crippen LogP contribution in [-0.4, -0.2) is 66.8 Å². The molecule has 2 saturated carbocycles. The number of aliphatic hydroxyl groups is 1. The van der Waals surface area contributed by atoms with Crippen LogP contribution >= 0.6 is 11.6 Å². The van der Waals surface area contributed by atoms with Crippen molar-refractivity contribution >= 4 is 34.2 Å². The van der Waals surface area contributed by atoms with Gasteiger partial charge in [0, 0.05) is 43.7 Å². The topological polar surface area (TPSA) is 95.3 Å². The fourth-order valence-electron chi connectivity index (χ4n) is 6.02. The molecule has 10 heteroatoms. The Hall–Kier alpha value is -1.84. The van der Waals surface area contributed by atoms with Crippen LogP contribution in [-0.2, 0) is 10.8 Å². The second kappa shape index (κ2) is 7.88. The summed E-state index contributed by atoms with van der Waals surface area (Å²) in [5.41, 5.74) is -0.252. The molecule has 3 fully saturated rings. The van der Waals surface area contributed by atoms with Gasteiger partial charge in [0.1, 0.15) is 5.82 Å². The minimum Gasteiger partial charge on any atom is -0.394 e. The Morgan fingerprint density at radius 1 is 1.12 bits per heavy atom. The smallest absolute Gasteiger partial charge is 0.227 e. The molecule has 0 spiro atoms. The molecule has 170 valence electrons. The fraction of sp³-hybridized carbons (Fsp3) is 0.636. The van der Waals surface area contributed by atoms with Crippen molar-refractivity contribution in [3.05, 3.63) is 29.4 Å². The molecule has 0 amide bonds. The minimum absolute atomic E-state index is 0.112. The summed E-state index contributed by atoms with van der Waals surface area (Å²) in [5.74, 6) is 4.47. The van der Waals surface area contributed by atoms with Gasteiger partial charge in [-0.15, -0.1) is 0 Å². The Morgan fingerprint density at radius 2 is 1.84 bits per heavy atom. The van der Waals surface area contributed by atoms with Gasteiger partial charge in [0.25, 0.3) is 0 Å². The molecule has 4 heterocycles.